The molecule has 0 unspecified atom stereocenters. The number of rotatable bonds is 1. The summed E-state index contributed by atoms with van der Waals surface area (Å²) in [5, 5.41) is 5.87. The third-order valence-electron chi connectivity index (χ3n) is 1.12. The summed E-state index contributed by atoms with van der Waals surface area (Å²) < 4.78 is 5.17. The van der Waals surface area contributed by atoms with Crippen molar-refractivity contribution in [3.05, 3.63) is 0 Å². The van der Waals surface area contributed by atoms with Gasteiger partial charge in [0.1, 0.15) is 0 Å². The van der Waals surface area contributed by atoms with Gasteiger partial charge in [0.2, 0.25) is 5.90 Å². The van der Waals surface area contributed by atoms with Gasteiger partial charge in [-0.3, -0.25) is 5.01 Å². The normalized spacial score (nSPS) is 22.2. The summed E-state index contributed by atoms with van der Waals surface area (Å²) in [5.41, 5.74) is 0. The minimum Gasteiger partial charge on any atom is -0.480 e. The Hall–Kier alpha value is -0.730. The zero-order chi connectivity index (χ0) is 6.69. The van der Waals surface area contributed by atoms with Crippen LogP contribution in [0.1, 0.15) is 12.8 Å². The summed E-state index contributed by atoms with van der Waals surface area (Å²) in [6.45, 7) is 0.840. The van der Waals surface area contributed by atoms with Crippen molar-refractivity contribution < 1.29 is 4.74 Å². The molecule has 9 heavy (non-hydrogen) atoms. The van der Waals surface area contributed by atoms with Crippen molar-refractivity contribution in [2.24, 2.45) is 5.10 Å². The Morgan fingerprint density at radius 1 is 1.56 bits per heavy atom. The van der Waals surface area contributed by atoms with Gasteiger partial charge in [0.15, 0.2) is 0 Å². The highest BCUT2D eigenvalue weighted by Crippen LogP contribution is 2.05. The van der Waals surface area contributed by atoms with E-state index in [1.165, 1.54) is 0 Å². The van der Waals surface area contributed by atoms with Crippen molar-refractivity contribution in [3.63, 3.8) is 0 Å². The fourth-order valence-corrected chi connectivity index (χ4v) is 0.787. The predicted octanol–water partition coefficient (Wildman–Crippen LogP) is 0.672. The van der Waals surface area contributed by atoms with Gasteiger partial charge in [0.05, 0.1) is 6.61 Å². The highest BCUT2D eigenvalue weighted by atomic mass is 16.5. The number of hydrogen-bond donors (Lipinski definition) is 0. The van der Waals surface area contributed by atoms with E-state index < -0.39 is 0 Å². The first-order chi connectivity index (χ1) is 4.29. The van der Waals surface area contributed by atoms with E-state index in [-0.39, 0.29) is 0 Å². The first-order valence-corrected chi connectivity index (χ1v) is 3.16. The molecule has 1 aliphatic heterocycles. The van der Waals surface area contributed by atoms with Crippen molar-refractivity contribution in [3.8, 4) is 0 Å². The molecule has 1 rings (SSSR count). The Balaban J connectivity index is 2.39. The molecule has 3 heteroatoms. The van der Waals surface area contributed by atoms with E-state index in [2.05, 4.69) is 5.10 Å². The van der Waals surface area contributed by atoms with Crippen LogP contribution >= 0.6 is 0 Å². The highest BCUT2D eigenvalue weighted by molar-refractivity contribution is 5.77. The molecule has 0 spiro atoms. The molecule has 0 bridgehead atoms. The van der Waals surface area contributed by atoms with Gasteiger partial charge in [-0.1, -0.05) is 0 Å². The van der Waals surface area contributed by atoms with Gasteiger partial charge in [0.25, 0.3) is 0 Å². The second-order valence-corrected chi connectivity index (χ2v) is 2.29. The van der Waals surface area contributed by atoms with Crippen molar-refractivity contribution in [2.45, 2.75) is 12.8 Å². The van der Waals surface area contributed by atoms with E-state index in [9.17, 15) is 0 Å². The first kappa shape index (κ1) is 6.39. The molecule has 1 fully saturated rings. The fourth-order valence-electron chi connectivity index (χ4n) is 0.787. The third kappa shape index (κ3) is 1.91. The zero-order valence-corrected chi connectivity index (χ0v) is 5.92. The summed E-state index contributed by atoms with van der Waals surface area (Å²) in [7, 11) is 3.80. The molecule has 0 atom stereocenters. The smallest absolute Gasteiger partial charge is 0.206 e. The third-order valence-corrected chi connectivity index (χ3v) is 1.12. The summed E-state index contributed by atoms with van der Waals surface area (Å²) >= 11 is 0. The van der Waals surface area contributed by atoms with Crippen LogP contribution in [0, 0.1) is 0 Å². The summed E-state index contributed by atoms with van der Waals surface area (Å²) in [6, 6.07) is 0. The van der Waals surface area contributed by atoms with Gasteiger partial charge < -0.3 is 4.74 Å². The molecule has 0 aromatic heterocycles. The number of hydrazone groups is 1. The van der Waals surface area contributed by atoms with E-state index in [0.717, 1.165) is 25.3 Å². The molecule has 1 saturated heterocycles. The molecule has 0 aliphatic carbocycles. The van der Waals surface area contributed by atoms with E-state index in [1.807, 2.05) is 14.1 Å². The van der Waals surface area contributed by atoms with Crippen molar-refractivity contribution in [1.82, 2.24) is 5.01 Å². The molecule has 1 aliphatic rings. The monoisotopic (exact) mass is 128 g/mol. The average molecular weight is 128 g/mol. The quantitative estimate of drug-likeness (QED) is 0.485. The van der Waals surface area contributed by atoms with Gasteiger partial charge >= 0.3 is 0 Å². The van der Waals surface area contributed by atoms with Gasteiger partial charge in [-0.25, -0.2) is 0 Å². The molecule has 0 radical (unpaired) electrons. The lowest BCUT2D eigenvalue weighted by Crippen LogP contribution is -2.07. The molecule has 0 aromatic carbocycles. The predicted molar refractivity (Wildman–Crippen MR) is 36.3 cm³/mol. The molecular formula is C6H12N2O. The van der Waals surface area contributed by atoms with Gasteiger partial charge in [0, 0.05) is 20.5 Å². The van der Waals surface area contributed by atoms with Crippen LogP contribution in [-0.2, 0) is 4.74 Å². The van der Waals surface area contributed by atoms with Crippen LogP contribution in [0.15, 0.2) is 5.10 Å². The number of nitrogens with zero attached hydrogens (tertiary/aromatic N) is 2. The molecule has 0 N–H and O–H groups in total. The lowest BCUT2D eigenvalue weighted by atomic mass is 10.4. The van der Waals surface area contributed by atoms with Crippen LogP contribution in [0.4, 0.5) is 0 Å². The minimum atomic E-state index is 0.840. The van der Waals surface area contributed by atoms with Crippen LogP contribution in [0.25, 0.3) is 0 Å². The van der Waals surface area contributed by atoms with E-state index in [1.54, 1.807) is 5.01 Å². The number of hydrogen-bond acceptors (Lipinski definition) is 3. The van der Waals surface area contributed by atoms with Crippen molar-refractivity contribution >= 4 is 5.90 Å². The minimum absolute atomic E-state index is 0.840. The Labute approximate surface area is 55.3 Å². The molecule has 1 heterocycles. The van der Waals surface area contributed by atoms with Crippen LogP contribution in [-0.4, -0.2) is 31.6 Å². The van der Waals surface area contributed by atoms with Crippen molar-refractivity contribution in [2.75, 3.05) is 20.7 Å². The van der Waals surface area contributed by atoms with Crippen LogP contribution < -0.4 is 0 Å². The summed E-state index contributed by atoms with van der Waals surface area (Å²) in [4.78, 5) is 0. The molecule has 3 nitrogen and oxygen atoms in total. The Kier molecular flexibility index (Phi) is 1.92. The summed E-state index contributed by atoms with van der Waals surface area (Å²) in [6.07, 6.45) is 2.12. The van der Waals surface area contributed by atoms with Gasteiger partial charge in [-0.2, -0.15) is 0 Å². The standard InChI is InChI=1S/C6H12N2O/c1-8(2)7-6-4-3-5-9-6/h3-5H2,1-2H3/b7-6-. The van der Waals surface area contributed by atoms with E-state index >= 15 is 0 Å². The maximum absolute atomic E-state index is 5.17. The average Bonchev–Trinajstić information content (AvgIpc) is 2.15. The molecular weight excluding hydrogens is 116 g/mol. The maximum Gasteiger partial charge on any atom is 0.206 e. The number of ether oxygens (including phenoxy) is 1. The van der Waals surface area contributed by atoms with Gasteiger partial charge in [-0.05, 0) is 6.42 Å². The van der Waals surface area contributed by atoms with Crippen LogP contribution in [0.3, 0.4) is 0 Å². The Morgan fingerprint density at radius 2 is 2.33 bits per heavy atom. The van der Waals surface area contributed by atoms with Crippen LogP contribution in [0.2, 0.25) is 0 Å². The second kappa shape index (κ2) is 2.71. The van der Waals surface area contributed by atoms with E-state index in [0.29, 0.717) is 0 Å². The van der Waals surface area contributed by atoms with Gasteiger partial charge in [-0.15, -0.1) is 5.10 Å². The maximum atomic E-state index is 5.17. The molecule has 0 aromatic rings. The topological polar surface area (TPSA) is 24.8 Å². The zero-order valence-electron chi connectivity index (χ0n) is 5.92. The largest absolute Gasteiger partial charge is 0.480 e. The molecule has 0 amide bonds. The summed E-state index contributed by atoms with van der Waals surface area (Å²) in [5.74, 6) is 0.875. The SMILES string of the molecule is CN(C)/N=C1/CCCO1. The Morgan fingerprint density at radius 3 is 2.78 bits per heavy atom. The second-order valence-electron chi connectivity index (χ2n) is 2.29. The molecule has 52 valence electrons. The highest BCUT2D eigenvalue weighted by Gasteiger charge is 2.08. The first-order valence-electron chi connectivity index (χ1n) is 3.16. The van der Waals surface area contributed by atoms with Crippen molar-refractivity contribution in [1.29, 1.82) is 0 Å². The van der Waals surface area contributed by atoms with E-state index in [4.69, 9.17) is 4.74 Å². The fraction of sp³-hybridized carbons (Fsp3) is 0.833. The lowest BCUT2D eigenvalue weighted by Gasteiger charge is -2.04. The molecule has 0 saturated carbocycles. The lowest BCUT2D eigenvalue weighted by molar-refractivity contribution is 0.324. The Bertz CT molecular complexity index is 112. The van der Waals surface area contributed by atoms with Crippen LogP contribution in [0.5, 0.6) is 0 Å².